The van der Waals surface area contributed by atoms with Crippen LogP contribution in [0.2, 0.25) is 0 Å². The molecule has 0 fully saturated rings. The molecule has 0 saturated carbocycles. The quantitative estimate of drug-likeness (QED) is 0.328. The minimum atomic E-state index is -2.28. The summed E-state index contributed by atoms with van der Waals surface area (Å²) in [5.41, 5.74) is 0.650. The van der Waals surface area contributed by atoms with Gasteiger partial charge in [-0.25, -0.2) is 0 Å². The van der Waals surface area contributed by atoms with Crippen LogP contribution in [0.15, 0.2) is 18.2 Å². The van der Waals surface area contributed by atoms with Gasteiger partial charge in [0.05, 0.1) is 4.92 Å². The van der Waals surface area contributed by atoms with Crippen molar-refractivity contribution in [1.29, 1.82) is 0 Å². The van der Waals surface area contributed by atoms with Gasteiger partial charge in [-0.15, -0.1) is 0 Å². The lowest BCUT2D eigenvalue weighted by molar-refractivity contribution is -0.385. The van der Waals surface area contributed by atoms with E-state index in [1.807, 2.05) is 0 Å². The largest absolute Gasteiger partial charge is 0.772 e. The third kappa shape index (κ3) is 4.04. The van der Waals surface area contributed by atoms with E-state index in [2.05, 4.69) is 0 Å². The molecule has 0 heterocycles. The molecule has 1 aromatic rings. The summed E-state index contributed by atoms with van der Waals surface area (Å²) in [6.07, 6.45) is 1.17. The van der Waals surface area contributed by atoms with E-state index in [-0.39, 0.29) is 24.3 Å². The van der Waals surface area contributed by atoms with Crippen LogP contribution >= 0.6 is 0 Å². The molecular formula is C10H10NO5S-. The molecule has 0 aromatic heterocycles. The fraction of sp³-hybridized carbons (Fsp3) is 0.300. The Kier molecular flexibility index (Phi) is 4.92. The SMILES string of the molecule is O=CCCc1ccc(CS(=O)[O-])cc1[N+](=O)[O-]. The number of hydrogen-bond acceptors (Lipinski definition) is 5. The van der Waals surface area contributed by atoms with Crippen molar-refractivity contribution < 1.29 is 18.5 Å². The number of nitrogens with zero attached hydrogens (tertiary/aromatic N) is 1. The maximum absolute atomic E-state index is 10.8. The second kappa shape index (κ2) is 6.21. The van der Waals surface area contributed by atoms with Gasteiger partial charge in [0, 0.05) is 23.8 Å². The standard InChI is InChI=1S/C10H11NO5S/c12-5-1-2-9-4-3-8(7-17(15)16)6-10(9)11(13)14/h3-6H,1-2,7H2,(H,15,16)/p-1. The first-order valence-corrected chi connectivity index (χ1v) is 6.04. The summed E-state index contributed by atoms with van der Waals surface area (Å²) in [7, 11) is 0. The molecule has 1 aromatic carbocycles. The number of aldehydes is 1. The van der Waals surface area contributed by atoms with Crippen LogP contribution in [0.3, 0.4) is 0 Å². The molecular weight excluding hydrogens is 246 g/mol. The number of aryl methyl sites for hydroxylation is 1. The first-order chi connectivity index (χ1) is 8.04. The predicted molar refractivity (Wildman–Crippen MR) is 60.1 cm³/mol. The van der Waals surface area contributed by atoms with Crippen molar-refractivity contribution >= 4 is 23.1 Å². The van der Waals surface area contributed by atoms with Crippen molar-refractivity contribution in [3.63, 3.8) is 0 Å². The number of carbonyl (C=O) groups is 1. The van der Waals surface area contributed by atoms with Gasteiger partial charge in [-0.1, -0.05) is 23.2 Å². The van der Waals surface area contributed by atoms with Gasteiger partial charge in [-0.3, -0.25) is 14.3 Å². The van der Waals surface area contributed by atoms with E-state index >= 15 is 0 Å². The highest BCUT2D eigenvalue weighted by atomic mass is 32.2. The van der Waals surface area contributed by atoms with Gasteiger partial charge in [0.2, 0.25) is 0 Å². The summed E-state index contributed by atoms with van der Waals surface area (Å²) in [6.45, 7) is 0. The lowest BCUT2D eigenvalue weighted by atomic mass is 10.1. The van der Waals surface area contributed by atoms with Gasteiger partial charge in [-0.05, 0) is 12.0 Å². The van der Waals surface area contributed by atoms with E-state index in [9.17, 15) is 23.7 Å². The topological polar surface area (TPSA) is 100 Å². The van der Waals surface area contributed by atoms with E-state index in [0.717, 1.165) is 0 Å². The first kappa shape index (κ1) is 13.5. The van der Waals surface area contributed by atoms with Gasteiger partial charge in [0.25, 0.3) is 5.69 Å². The van der Waals surface area contributed by atoms with Crippen LogP contribution in [-0.4, -0.2) is 20.0 Å². The average Bonchev–Trinajstić information content (AvgIpc) is 2.26. The second-order valence-electron chi connectivity index (χ2n) is 3.37. The number of rotatable bonds is 6. The molecule has 17 heavy (non-hydrogen) atoms. The molecule has 0 amide bonds. The Morgan fingerprint density at radius 1 is 1.41 bits per heavy atom. The molecule has 1 atom stereocenters. The minimum Gasteiger partial charge on any atom is -0.772 e. The van der Waals surface area contributed by atoms with Crippen molar-refractivity contribution in [3.8, 4) is 0 Å². The van der Waals surface area contributed by atoms with Gasteiger partial charge in [0.1, 0.15) is 6.29 Å². The van der Waals surface area contributed by atoms with Crippen molar-refractivity contribution in [3.05, 3.63) is 39.4 Å². The molecule has 0 aliphatic carbocycles. The van der Waals surface area contributed by atoms with E-state index in [4.69, 9.17) is 0 Å². The Bertz CT molecular complexity index is 460. The van der Waals surface area contributed by atoms with E-state index in [1.165, 1.54) is 18.2 Å². The third-order valence-corrected chi connectivity index (χ3v) is 2.73. The summed E-state index contributed by atoms with van der Waals surface area (Å²) in [5, 5.41) is 10.8. The fourth-order valence-corrected chi connectivity index (χ4v) is 1.88. The third-order valence-electron chi connectivity index (χ3n) is 2.16. The van der Waals surface area contributed by atoms with Crippen molar-refractivity contribution in [2.45, 2.75) is 18.6 Å². The number of nitro groups is 1. The molecule has 0 bridgehead atoms. The van der Waals surface area contributed by atoms with Crippen LogP contribution < -0.4 is 0 Å². The normalized spacial score (nSPS) is 12.1. The molecule has 0 aliphatic rings. The Labute approximate surface area is 100 Å². The molecule has 92 valence electrons. The van der Waals surface area contributed by atoms with Crippen LogP contribution in [0, 0.1) is 10.1 Å². The van der Waals surface area contributed by atoms with E-state index in [1.54, 1.807) is 0 Å². The molecule has 0 radical (unpaired) electrons. The maximum atomic E-state index is 10.8. The van der Waals surface area contributed by atoms with Gasteiger partial charge >= 0.3 is 0 Å². The van der Waals surface area contributed by atoms with Crippen molar-refractivity contribution in [2.24, 2.45) is 0 Å². The smallest absolute Gasteiger partial charge is 0.272 e. The number of nitro benzene ring substituents is 1. The Hall–Kier alpha value is -1.60. The highest BCUT2D eigenvalue weighted by Gasteiger charge is 2.14. The van der Waals surface area contributed by atoms with Crippen LogP contribution in [0.1, 0.15) is 17.5 Å². The highest BCUT2D eigenvalue weighted by molar-refractivity contribution is 7.78. The second-order valence-corrected chi connectivity index (χ2v) is 4.27. The zero-order valence-corrected chi connectivity index (χ0v) is 9.64. The summed E-state index contributed by atoms with van der Waals surface area (Å²) in [4.78, 5) is 20.4. The van der Waals surface area contributed by atoms with Crippen LogP contribution in [-0.2, 0) is 28.0 Å². The summed E-state index contributed by atoms with van der Waals surface area (Å²) in [6, 6.07) is 4.24. The lowest BCUT2D eigenvalue weighted by Crippen LogP contribution is -2.00. The Morgan fingerprint density at radius 2 is 2.12 bits per heavy atom. The van der Waals surface area contributed by atoms with Gasteiger partial charge in [0.15, 0.2) is 0 Å². The van der Waals surface area contributed by atoms with Crippen LogP contribution in [0.5, 0.6) is 0 Å². The fourth-order valence-electron chi connectivity index (χ4n) is 1.43. The summed E-state index contributed by atoms with van der Waals surface area (Å²) in [5.74, 6) is -0.255. The number of benzene rings is 1. The Balaban J connectivity index is 3.03. The molecule has 0 saturated heterocycles. The predicted octanol–water partition coefficient (Wildman–Crippen LogP) is 1.11. The zero-order chi connectivity index (χ0) is 12.8. The maximum Gasteiger partial charge on any atom is 0.272 e. The van der Waals surface area contributed by atoms with Gasteiger partial charge < -0.3 is 9.35 Å². The molecule has 1 rings (SSSR count). The van der Waals surface area contributed by atoms with Crippen molar-refractivity contribution in [1.82, 2.24) is 0 Å². The summed E-state index contributed by atoms with van der Waals surface area (Å²) < 4.78 is 21.0. The van der Waals surface area contributed by atoms with Crippen molar-refractivity contribution in [2.75, 3.05) is 0 Å². The first-order valence-electron chi connectivity index (χ1n) is 4.80. The molecule has 0 N–H and O–H groups in total. The van der Waals surface area contributed by atoms with Gasteiger partial charge in [-0.2, -0.15) is 0 Å². The van der Waals surface area contributed by atoms with E-state index in [0.29, 0.717) is 17.4 Å². The average molecular weight is 256 g/mol. The van der Waals surface area contributed by atoms with Crippen LogP contribution in [0.4, 0.5) is 5.69 Å². The molecule has 0 spiro atoms. The highest BCUT2D eigenvalue weighted by Crippen LogP contribution is 2.22. The Morgan fingerprint density at radius 3 is 2.65 bits per heavy atom. The zero-order valence-electron chi connectivity index (χ0n) is 8.83. The monoisotopic (exact) mass is 256 g/mol. The number of hydrogen-bond donors (Lipinski definition) is 0. The van der Waals surface area contributed by atoms with E-state index < -0.39 is 16.0 Å². The minimum absolute atomic E-state index is 0.144. The summed E-state index contributed by atoms with van der Waals surface area (Å²) >= 11 is -2.28. The molecule has 0 aliphatic heterocycles. The number of carbonyl (C=O) groups excluding carboxylic acids is 1. The molecule has 6 nitrogen and oxygen atoms in total. The molecule has 7 heteroatoms. The lowest BCUT2D eigenvalue weighted by Gasteiger charge is -2.07. The molecule has 1 unspecified atom stereocenters. The van der Waals surface area contributed by atoms with Crippen LogP contribution in [0.25, 0.3) is 0 Å².